The van der Waals surface area contributed by atoms with E-state index in [1.807, 2.05) is 0 Å². The highest BCUT2D eigenvalue weighted by atomic mass is 28.2. The first-order chi connectivity index (χ1) is 5.45. The molecule has 0 saturated carbocycles. The maximum absolute atomic E-state index is 7.14. The van der Waals surface area contributed by atoms with Gasteiger partial charge in [0.15, 0.2) is 0 Å². The summed E-state index contributed by atoms with van der Waals surface area (Å²) < 4.78 is 15.1. The predicted octanol–water partition coefficient (Wildman–Crippen LogP) is -1.94. The van der Waals surface area contributed by atoms with Gasteiger partial charge in [0.1, 0.15) is 22.7 Å². The molecule has 4 nitrogen and oxygen atoms in total. The Bertz CT molecular complexity index is 90.8. The van der Waals surface area contributed by atoms with Gasteiger partial charge in [-0.05, 0) is 0 Å². The van der Waals surface area contributed by atoms with Gasteiger partial charge in [-0.25, -0.2) is 0 Å². The van der Waals surface area contributed by atoms with Crippen LogP contribution in [0.25, 0.3) is 0 Å². The van der Waals surface area contributed by atoms with E-state index in [4.69, 9.17) is 19.0 Å². The Labute approximate surface area is 69.0 Å². The number of ether oxygens (including phenoxy) is 3. The van der Waals surface area contributed by atoms with Crippen molar-refractivity contribution < 1.29 is 19.0 Å². The molecule has 0 bridgehead atoms. The minimum Gasteiger partial charge on any atom is -0.442 e. The summed E-state index contributed by atoms with van der Waals surface area (Å²) in [6, 6.07) is 0. The second kappa shape index (κ2) is 4.84. The summed E-state index contributed by atoms with van der Waals surface area (Å²) in [7, 11) is 0.306. The summed E-state index contributed by atoms with van der Waals surface area (Å²) in [6.45, 7) is 3.26. The van der Waals surface area contributed by atoms with Gasteiger partial charge in [0.25, 0.3) is 0 Å². The van der Waals surface area contributed by atoms with Crippen molar-refractivity contribution in [2.75, 3.05) is 26.4 Å². The van der Waals surface area contributed by atoms with Gasteiger partial charge >= 0.3 is 0 Å². The Morgan fingerprint density at radius 3 is 1.82 bits per heavy atom. The molecule has 0 spiro atoms. The molecule has 2 fully saturated rings. The fourth-order valence-electron chi connectivity index (χ4n) is 0.659. The molecule has 0 aromatic carbocycles. The quantitative estimate of drug-likeness (QED) is 0.402. The summed E-state index contributed by atoms with van der Waals surface area (Å²) >= 11 is 0. The van der Waals surface area contributed by atoms with Crippen LogP contribution in [0.5, 0.6) is 0 Å². The Balaban J connectivity index is 0.000000281. The maximum Gasteiger partial charge on any atom is 0.141 e. The van der Waals surface area contributed by atoms with Crippen molar-refractivity contribution in [1.82, 2.24) is 0 Å². The molecule has 2 saturated heterocycles. The van der Waals surface area contributed by atoms with Gasteiger partial charge in [0.2, 0.25) is 0 Å². The van der Waals surface area contributed by atoms with Crippen molar-refractivity contribution in [1.29, 1.82) is 0 Å². The Hall–Kier alpha value is 0.0569. The van der Waals surface area contributed by atoms with Crippen molar-refractivity contribution in [2.45, 2.75) is 12.2 Å². The average molecular weight is 178 g/mol. The third-order valence-corrected chi connectivity index (χ3v) is 1.41. The van der Waals surface area contributed by atoms with Crippen LogP contribution in [-0.4, -0.2) is 53.9 Å². The molecule has 0 radical (unpaired) electrons. The molecule has 2 rings (SSSR count). The normalized spacial score (nSPS) is 32.5. The van der Waals surface area contributed by atoms with E-state index in [0.29, 0.717) is 22.7 Å². The molecule has 1 N–H and O–H groups in total. The van der Waals surface area contributed by atoms with Gasteiger partial charge in [0, 0.05) is 0 Å². The first-order valence-corrected chi connectivity index (χ1v) is 4.60. The fourth-order valence-corrected chi connectivity index (χ4v) is 0.659. The van der Waals surface area contributed by atoms with Crippen LogP contribution in [0.1, 0.15) is 0 Å². The lowest BCUT2D eigenvalue weighted by molar-refractivity contribution is 0.102. The first kappa shape index (κ1) is 9.15. The third kappa shape index (κ3) is 4.49. The minimum absolute atomic E-state index is 0.306. The van der Waals surface area contributed by atoms with Crippen LogP contribution in [0.15, 0.2) is 0 Å². The topological polar surface area (TPSA) is 54.5 Å². The largest absolute Gasteiger partial charge is 0.442 e. The van der Waals surface area contributed by atoms with E-state index >= 15 is 0 Å². The van der Waals surface area contributed by atoms with E-state index in [1.165, 1.54) is 0 Å². The molecule has 2 atom stereocenters. The summed E-state index contributed by atoms with van der Waals surface area (Å²) in [5, 5.41) is 0. The van der Waals surface area contributed by atoms with Gasteiger partial charge in [-0.2, -0.15) is 0 Å². The van der Waals surface area contributed by atoms with Crippen LogP contribution in [0, 0.1) is 0 Å². The zero-order chi connectivity index (χ0) is 8.10. The molecule has 0 aromatic rings. The van der Waals surface area contributed by atoms with E-state index < -0.39 is 0 Å². The van der Waals surface area contributed by atoms with Crippen LogP contribution in [0.3, 0.4) is 0 Å². The zero-order valence-corrected chi connectivity index (χ0v) is 8.66. The zero-order valence-electron chi connectivity index (χ0n) is 6.66. The van der Waals surface area contributed by atoms with Gasteiger partial charge in [-0.15, -0.1) is 0 Å². The summed E-state index contributed by atoms with van der Waals surface area (Å²) in [5.74, 6) is 0. The number of hydrogen-bond donors (Lipinski definition) is 1. The molecular formula is C6H14O4Si. The molecule has 0 aliphatic carbocycles. The van der Waals surface area contributed by atoms with Crippen molar-refractivity contribution in [3.63, 3.8) is 0 Å². The predicted molar refractivity (Wildman–Crippen MR) is 42.5 cm³/mol. The SMILES string of the molecule is C(OCC1CO1)C1CO1.O[SiH3]. The molecule has 2 unspecified atom stereocenters. The van der Waals surface area contributed by atoms with Crippen LogP contribution < -0.4 is 0 Å². The molecule has 2 aliphatic rings. The number of epoxide rings is 2. The molecule has 5 heteroatoms. The number of rotatable bonds is 4. The standard InChI is InChI=1S/C6H10O3.H4OSi/c1(5-3-8-5)7-2-6-4-9-6;1-2/h5-6H,1-4H2;1H,2H3. The minimum atomic E-state index is 0.306. The Morgan fingerprint density at radius 2 is 1.55 bits per heavy atom. The Kier molecular flexibility index (Phi) is 4.02. The van der Waals surface area contributed by atoms with E-state index in [-0.39, 0.29) is 0 Å². The second-order valence-electron chi connectivity index (χ2n) is 2.45. The second-order valence-corrected chi connectivity index (χ2v) is 2.45. The van der Waals surface area contributed by atoms with Gasteiger partial charge < -0.3 is 19.0 Å². The summed E-state index contributed by atoms with van der Waals surface area (Å²) in [4.78, 5) is 7.14. The highest BCUT2D eigenvalue weighted by molar-refractivity contribution is 5.95. The lowest BCUT2D eigenvalue weighted by atomic mass is 10.5. The van der Waals surface area contributed by atoms with E-state index in [0.717, 1.165) is 26.4 Å². The summed E-state index contributed by atoms with van der Waals surface area (Å²) in [6.07, 6.45) is 0.785. The molecule has 11 heavy (non-hydrogen) atoms. The fraction of sp³-hybridized carbons (Fsp3) is 1.00. The van der Waals surface area contributed by atoms with Crippen molar-refractivity contribution in [2.24, 2.45) is 0 Å². The van der Waals surface area contributed by atoms with Crippen LogP contribution in [0.2, 0.25) is 0 Å². The maximum atomic E-state index is 7.14. The highest BCUT2D eigenvalue weighted by Crippen LogP contribution is 2.12. The molecular weight excluding hydrogens is 164 g/mol. The lowest BCUT2D eigenvalue weighted by Gasteiger charge is -1.95. The van der Waals surface area contributed by atoms with E-state index in [2.05, 4.69) is 0 Å². The molecule has 66 valence electrons. The van der Waals surface area contributed by atoms with Crippen LogP contribution in [0.4, 0.5) is 0 Å². The van der Waals surface area contributed by atoms with E-state index in [1.54, 1.807) is 0 Å². The Morgan fingerprint density at radius 1 is 1.18 bits per heavy atom. The molecule has 2 aliphatic heterocycles. The van der Waals surface area contributed by atoms with E-state index in [9.17, 15) is 0 Å². The van der Waals surface area contributed by atoms with Gasteiger partial charge in [0.05, 0.1) is 26.4 Å². The monoisotopic (exact) mass is 178 g/mol. The third-order valence-electron chi connectivity index (χ3n) is 1.41. The smallest absolute Gasteiger partial charge is 0.141 e. The molecule has 0 amide bonds. The average Bonchev–Trinajstić information content (AvgIpc) is 2.86. The highest BCUT2D eigenvalue weighted by Gasteiger charge is 2.26. The molecule has 0 aromatic heterocycles. The van der Waals surface area contributed by atoms with Crippen molar-refractivity contribution in [3.05, 3.63) is 0 Å². The van der Waals surface area contributed by atoms with Crippen LogP contribution in [-0.2, 0) is 14.2 Å². The number of hydrogen-bond acceptors (Lipinski definition) is 4. The van der Waals surface area contributed by atoms with Gasteiger partial charge in [-0.1, -0.05) is 0 Å². The van der Waals surface area contributed by atoms with Crippen molar-refractivity contribution >= 4 is 10.5 Å². The van der Waals surface area contributed by atoms with Crippen LogP contribution >= 0.6 is 0 Å². The van der Waals surface area contributed by atoms with Gasteiger partial charge in [-0.3, -0.25) is 0 Å². The molecule has 2 heterocycles. The van der Waals surface area contributed by atoms with Crippen molar-refractivity contribution in [3.8, 4) is 0 Å². The first-order valence-electron chi connectivity index (χ1n) is 3.71. The lowest BCUT2D eigenvalue weighted by Crippen LogP contribution is -2.06. The summed E-state index contributed by atoms with van der Waals surface area (Å²) in [5.41, 5.74) is 0.